The van der Waals surface area contributed by atoms with Crippen molar-refractivity contribution >= 4 is 15.9 Å². The highest BCUT2D eigenvalue weighted by molar-refractivity contribution is 7.89. The predicted molar refractivity (Wildman–Crippen MR) is 110 cm³/mol. The zero-order valence-corrected chi connectivity index (χ0v) is 17.5. The number of rotatable bonds is 9. The Hall–Kier alpha value is -2.80. The second-order valence-electron chi connectivity index (χ2n) is 6.82. The van der Waals surface area contributed by atoms with Gasteiger partial charge in [0.2, 0.25) is 10.0 Å². The highest BCUT2D eigenvalue weighted by Crippen LogP contribution is 2.16. The Morgan fingerprint density at radius 1 is 1.10 bits per heavy atom. The molecule has 6 nitrogen and oxygen atoms in total. The van der Waals surface area contributed by atoms with Gasteiger partial charge in [-0.15, -0.1) is 6.42 Å². The minimum absolute atomic E-state index is 0.0290. The molecular formula is C21H23F2N3O3S. The summed E-state index contributed by atoms with van der Waals surface area (Å²) >= 11 is 0. The van der Waals surface area contributed by atoms with Crippen molar-refractivity contribution in [1.82, 2.24) is 14.5 Å². The van der Waals surface area contributed by atoms with Crippen LogP contribution in [0.2, 0.25) is 0 Å². The van der Waals surface area contributed by atoms with Crippen molar-refractivity contribution in [2.24, 2.45) is 0 Å². The van der Waals surface area contributed by atoms with Crippen molar-refractivity contribution in [2.75, 3.05) is 33.7 Å². The van der Waals surface area contributed by atoms with Crippen molar-refractivity contribution < 1.29 is 22.0 Å². The molecule has 2 aromatic rings. The number of amides is 1. The lowest BCUT2D eigenvalue weighted by Gasteiger charge is -2.25. The highest BCUT2D eigenvalue weighted by atomic mass is 32.2. The average molecular weight is 435 g/mol. The maximum atomic E-state index is 14.1. The van der Waals surface area contributed by atoms with Crippen molar-refractivity contribution in [3.05, 3.63) is 65.2 Å². The van der Waals surface area contributed by atoms with Gasteiger partial charge < -0.3 is 9.80 Å². The number of terminal acetylenes is 1. The maximum Gasteiger partial charge on any atom is 0.254 e. The molecule has 0 unspecified atom stereocenters. The molecule has 9 heteroatoms. The van der Waals surface area contributed by atoms with Crippen molar-refractivity contribution in [3.63, 3.8) is 0 Å². The first-order valence-electron chi connectivity index (χ1n) is 9.05. The number of carbonyl (C=O) groups excluding carboxylic acids is 1. The topological polar surface area (TPSA) is 69.7 Å². The molecule has 2 rings (SSSR count). The van der Waals surface area contributed by atoms with Gasteiger partial charge in [-0.25, -0.2) is 17.2 Å². The predicted octanol–water partition coefficient (Wildman–Crippen LogP) is 2.08. The van der Waals surface area contributed by atoms with Gasteiger partial charge in [0.1, 0.15) is 11.6 Å². The summed E-state index contributed by atoms with van der Waals surface area (Å²) in [6, 6.07) is 8.58. The van der Waals surface area contributed by atoms with Gasteiger partial charge in [-0.1, -0.05) is 12.0 Å². The number of hydrogen-bond donors (Lipinski definition) is 1. The summed E-state index contributed by atoms with van der Waals surface area (Å²) in [5, 5.41) is 0. The number of likely N-dealkylation sites (N-methyl/N-ethyl adjacent to an activating group) is 1. The van der Waals surface area contributed by atoms with Gasteiger partial charge in [0.15, 0.2) is 0 Å². The number of carbonyl (C=O) groups is 1. The monoisotopic (exact) mass is 435 g/mol. The molecule has 1 amide bonds. The molecule has 0 aliphatic rings. The summed E-state index contributed by atoms with van der Waals surface area (Å²) in [4.78, 5) is 16.3. The Bertz CT molecular complexity index is 1030. The molecule has 0 radical (unpaired) electrons. The molecule has 0 bridgehead atoms. The molecule has 0 atom stereocenters. The van der Waals surface area contributed by atoms with Gasteiger partial charge in [0.05, 0.1) is 11.4 Å². The van der Waals surface area contributed by atoms with Gasteiger partial charge in [0, 0.05) is 36.8 Å². The van der Waals surface area contributed by atoms with E-state index in [9.17, 15) is 22.0 Å². The van der Waals surface area contributed by atoms with Crippen molar-refractivity contribution in [2.45, 2.75) is 11.4 Å². The van der Waals surface area contributed by atoms with Crippen LogP contribution in [0.25, 0.3) is 0 Å². The quantitative estimate of drug-likeness (QED) is 0.613. The standard InChI is InChI=1S/C21H23F2N3O3S/c1-4-11-24-30(28,29)19-9-6-16(7-10-19)21(27)26(13-12-25(2)3)15-17-5-8-18(22)14-20(17)23/h1,5-10,14,24H,11-13,15H2,2-3H3. The minimum Gasteiger partial charge on any atom is -0.333 e. The fraction of sp³-hybridized carbons (Fsp3) is 0.286. The van der Waals surface area contributed by atoms with E-state index in [1.54, 1.807) is 0 Å². The molecule has 30 heavy (non-hydrogen) atoms. The normalized spacial score (nSPS) is 11.3. The third-order valence-corrected chi connectivity index (χ3v) is 5.67. The fourth-order valence-corrected chi connectivity index (χ4v) is 3.54. The Kier molecular flexibility index (Phi) is 8.06. The maximum absolute atomic E-state index is 14.1. The number of nitrogens with zero attached hydrogens (tertiary/aromatic N) is 2. The first-order valence-corrected chi connectivity index (χ1v) is 10.5. The van der Waals surface area contributed by atoms with Gasteiger partial charge in [-0.3, -0.25) is 4.79 Å². The lowest BCUT2D eigenvalue weighted by atomic mass is 10.1. The summed E-state index contributed by atoms with van der Waals surface area (Å²) in [5.41, 5.74) is 0.424. The summed E-state index contributed by atoms with van der Waals surface area (Å²) in [6.45, 7) is 0.622. The largest absolute Gasteiger partial charge is 0.333 e. The second-order valence-corrected chi connectivity index (χ2v) is 8.59. The summed E-state index contributed by atoms with van der Waals surface area (Å²) in [6.07, 6.45) is 5.06. The minimum atomic E-state index is -3.77. The molecule has 1 N–H and O–H groups in total. The zero-order valence-electron chi connectivity index (χ0n) is 16.7. The van der Waals surface area contributed by atoms with E-state index in [0.717, 1.165) is 12.1 Å². The SMILES string of the molecule is C#CCNS(=O)(=O)c1ccc(C(=O)N(CCN(C)C)Cc2ccc(F)cc2F)cc1. The molecule has 0 saturated carbocycles. The Balaban J connectivity index is 2.25. The van der Waals surface area contributed by atoms with Gasteiger partial charge >= 0.3 is 0 Å². The first kappa shape index (κ1) is 23.5. The van der Waals surface area contributed by atoms with Crippen LogP contribution >= 0.6 is 0 Å². The van der Waals surface area contributed by atoms with Crippen LogP contribution in [0.1, 0.15) is 15.9 Å². The van der Waals surface area contributed by atoms with Crippen LogP contribution in [0.15, 0.2) is 47.4 Å². The molecule has 0 aliphatic carbocycles. The van der Waals surface area contributed by atoms with Gasteiger partial charge in [-0.2, -0.15) is 4.72 Å². The number of hydrogen-bond acceptors (Lipinski definition) is 4. The van der Waals surface area contributed by atoms with Crippen LogP contribution in [-0.2, 0) is 16.6 Å². The van der Waals surface area contributed by atoms with Crippen LogP contribution in [0.5, 0.6) is 0 Å². The van der Waals surface area contributed by atoms with E-state index in [0.29, 0.717) is 13.1 Å². The number of halogens is 2. The van der Waals surface area contributed by atoms with E-state index in [4.69, 9.17) is 6.42 Å². The summed E-state index contributed by atoms with van der Waals surface area (Å²) in [7, 11) is -0.0994. The molecular weight excluding hydrogens is 412 g/mol. The lowest BCUT2D eigenvalue weighted by molar-refractivity contribution is 0.0730. The third-order valence-electron chi connectivity index (χ3n) is 4.26. The number of nitrogens with one attached hydrogen (secondary N) is 1. The van der Waals surface area contributed by atoms with E-state index in [1.165, 1.54) is 35.2 Å². The smallest absolute Gasteiger partial charge is 0.254 e. The molecule has 0 spiro atoms. The van der Waals surface area contributed by atoms with Crippen molar-refractivity contribution in [3.8, 4) is 12.3 Å². The average Bonchev–Trinajstić information content (AvgIpc) is 2.70. The second kappa shape index (κ2) is 10.3. The molecule has 2 aromatic carbocycles. The van der Waals surface area contributed by atoms with Crippen LogP contribution in [0, 0.1) is 24.0 Å². The highest BCUT2D eigenvalue weighted by Gasteiger charge is 2.20. The zero-order chi connectivity index (χ0) is 22.3. The Morgan fingerprint density at radius 3 is 2.33 bits per heavy atom. The van der Waals surface area contributed by atoms with E-state index in [-0.39, 0.29) is 29.1 Å². The fourth-order valence-electron chi connectivity index (χ4n) is 2.61. The van der Waals surface area contributed by atoms with Crippen LogP contribution < -0.4 is 4.72 Å². The lowest BCUT2D eigenvalue weighted by Crippen LogP contribution is -2.36. The van der Waals surface area contributed by atoms with Crippen LogP contribution in [-0.4, -0.2) is 57.9 Å². The molecule has 0 aliphatic heterocycles. The number of benzene rings is 2. The van der Waals surface area contributed by atoms with E-state index >= 15 is 0 Å². The van der Waals surface area contributed by atoms with E-state index < -0.39 is 27.6 Å². The summed E-state index contributed by atoms with van der Waals surface area (Å²) in [5.74, 6) is 0.348. The summed E-state index contributed by atoms with van der Waals surface area (Å²) < 4.78 is 53.7. The molecule has 160 valence electrons. The third kappa shape index (κ3) is 6.35. The van der Waals surface area contributed by atoms with Crippen molar-refractivity contribution in [1.29, 1.82) is 0 Å². The Labute approximate surface area is 175 Å². The number of sulfonamides is 1. The molecule has 0 saturated heterocycles. The van der Waals surface area contributed by atoms with E-state index in [2.05, 4.69) is 10.6 Å². The van der Waals surface area contributed by atoms with Gasteiger partial charge in [0.25, 0.3) is 5.91 Å². The van der Waals surface area contributed by atoms with Gasteiger partial charge in [-0.05, 0) is 44.4 Å². The van der Waals surface area contributed by atoms with Crippen LogP contribution in [0.4, 0.5) is 8.78 Å². The van der Waals surface area contributed by atoms with E-state index in [1.807, 2.05) is 19.0 Å². The Morgan fingerprint density at radius 2 is 1.77 bits per heavy atom. The first-order chi connectivity index (χ1) is 14.1. The molecule has 0 aromatic heterocycles. The van der Waals surface area contributed by atoms with Crippen LogP contribution in [0.3, 0.4) is 0 Å². The molecule has 0 fully saturated rings. The molecule has 0 heterocycles.